The number of anilines is 1. The van der Waals surface area contributed by atoms with Gasteiger partial charge in [-0.25, -0.2) is 0 Å². The molecule has 7 heteroatoms. The summed E-state index contributed by atoms with van der Waals surface area (Å²) in [5, 5.41) is 10.9. The molecule has 0 bridgehead atoms. The highest BCUT2D eigenvalue weighted by atomic mass is 79.9. The van der Waals surface area contributed by atoms with Crippen molar-refractivity contribution < 1.29 is 14.7 Å². The second-order valence-electron chi connectivity index (χ2n) is 6.17. The number of benzene rings is 1. The lowest BCUT2D eigenvalue weighted by Crippen LogP contribution is -2.29. The van der Waals surface area contributed by atoms with Gasteiger partial charge in [0.15, 0.2) is 0 Å². The number of halogens is 1. The topological polar surface area (TPSA) is 83.4 Å². The molecule has 1 saturated heterocycles. The number of hydrogen-bond acceptors (Lipinski definition) is 5. The van der Waals surface area contributed by atoms with E-state index in [1.165, 1.54) is 17.3 Å². The van der Waals surface area contributed by atoms with Crippen LogP contribution in [0, 0.1) is 0 Å². The van der Waals surface area contributed by atoms with Crippen LogP contribution >= 0.6 is 15.9 Å². The number of pyridine rings is 2. The Balaban J connectivity index is 1.95. The van der Waals surface area contributed by atoms with Crippen molar-refractivity contribution in [1.29, 1.82) is 0 Å². The molecule has 138 valence electrons. The normalized spacial score (nSPS) is 18.5. The van der Waals surface area contributed by atoms with E-state index < -0.39 is 17.7 Å². The average molecular weight is 436 g/mol. The highest BCUT2D eigenvalue weighted by Crippen LogP contribution is 2.42. The molecule has 1 aliphatic rings. The first-order valence-corrected chi connectivity index (χ1v) is 9.24. The maximum absolute atomic E-state index is 12.9. The van der Waals surface area contributed by atoms with Gasteiger partial charge in [0.05, 0.1) is 11.6 Å². The van der Waals surface area contributed by atoms with Crippen LogP contribution in [0.1, 0.15) is 17.2 Å². The summed E-state index contributed by atoms with van der Waals surface area (Å²) in [6.07, 6.45) is 6.20. The van der Waals surface area contributed by atoms with Gasteiger partial charge < -0.3 is 5.11 Å². The molecule has 3 heterocycles. The summed E-state index contributed by atoms with van der Waals surface area (Å²) in [6.45, 7) is 0. The Morgan fingerprint density at radius 2 is 1.61 bits per heavy atom. The summed E-state index contributed by atoms with van der Waals surface area (Å²) >= 11 is 3.40. The Kier molecular flexibility index (Phi) is 4.75. The number of ketones is 1. The van der Waals surface area contributed by atoms with Gasteiger partial charge >= 0.3 is 0 Å². The van der Waals surface area contributed by atoms with Crippen molar-refractivity contribution in [3.8, 4) is 0 Å². The third-order valence-corrected chi connectivity index (χ3v) is 5.00. The number of hydrogen-bond donors (Lipinski definition) is 1. The van der Waals surface area contributed by atoms with E-state index in [1.807, 2.05) is 6.07 Å². The first-order valence-electron chi connectivity index (χ1n) is 8.45. The van der Waals surface area contributed by atoms with Crippen molar-refractivity contribution in [2.45, 2.75) is 6.04 Å². The Morgan fingerprint density at radius 3 is 2.25 bits per heavy atom. The summed E-state index contributed by atoms with van der Waals surface area (Å²) in [7, 11) is 0. The molecular formula is C21H14BrN3O3. The number of Topliss-reactive ketones (excluding diaryl/α,β-unsaturated/α-hetero) is 1. The van der Waals surface area contributed by atoms with E-state index in [9.17, 15) is 14.7 Å². The highest BCUT2D eigenvalue weighted by molar-refractivity contribution is 9.10. The Morgan fingerprint density at radius 1 is 0.964 bits per heavy atom. The van der Waals surface area contributed by atoms with E-state index in [4.69, 9.17) is 0 Å². The van der Waals surface area contributed by atoms with Gasteiger partial charge in [0.1, 0.15) is 5.76 Å². The van der Waals surface area contributed by atoms with Crippen LogP contribution in [0.5, 0.6) is 0 Å². The second-order valence-corrected chi connectivity index (χ2v) is 7.08. The van der Waals surface area contributed by atoms with Crippen LogP contribution in [-0.4, -0.2) is 26.8 Å². The van der Waals surface area contributed by atoms with E-state index in [0.717, 1.165) is 4.47 Å². The Hall–Kier alpha value is -3.32. The smallest absolute Gasteiger partial charge is 0.300 e. The summed E-state index contributed by atoms with van der Waals surface area (Å²) < 4.78 is 0.773. The zero-order valence-electron chi connectivity index (χ0n) is 14.5. The first-order chi connectivity index (χ1) is 13.6. The van der Waals surface area contributed by atoms with E-state index in [1.54, 1.807) is 54.9 Å². The van der Waals surface area contributed by atoms with Crippen LogP contribution in [0.15, 0.2) is 83.4 Å². The number of nitrogens with zero attached hydrogens (tertiary/aromatic N) is 3. The molecule has 1 atom stereocenters. The number of aromatic nitrogens is 2. The van der Waals surface area contributed by atoms with Gasteiger partial charge in [-0.3, -0.25) is 24.5 Å². The molecule has 6 nitrogen and oxygen atoms in total. The second kappa shape index (κ2) is 7.36. The fraction of sp³-hybridized carbons (Fsp3) is 0.0476. The predicted octanol–water partition coefficient (Wildman–Crippen LogP) is 3.87. The van der Waals surface area contributed by atoms with Crippen LogP contribution < -0.4 is 4.90 Å². The first kappa shape index (κ1) is 18.1. The minimum absolute atomic E-state index is 0.0300. The maximum atomic E-state index is 12.9. The summed E-state index contributed by atoms with van der Waals surface area (Å²) in [5.74, 6) is -1.67. The summed E-state index contributed by atoms with van der Waals surface area (Å²) in [4.78, 5) is 35.2. The van der Waals surface area contributed by atoms with Crippen molar-refractivity contribution in [3.63, 3.8) is 0 Å². The predicted molar refractivity (Wildman–Crippen MR) is 107 cm³/mol. The van der Waals surface area contributed by atoms with Crippen LogP contribution in [-0.2, 0) is 9.59 Å². The maximum Gasteiger partial charge on any atom is 0.300 e. The van der Waals surface area contributed by atoms with Crippen LogP contribution in [0.3, 0.4) is 0 Å². The number of aliphatic hydroxyl groups excluding tert-OH is 1. The molecular weight excluding hydrogens is 422 g/mol. The molecule has 1 N–H and O–H groups in total. The molecule has 1 aromatic carbocycles. The fourth-order valence-electron chi connectivity index (χ4n) is 3.25. The molecule has 1 fully saturated rings. The lowest BCUT2D eigenvalue weighted by atomic mass is 9.96. The number of amides is 1. The lowest BCUT2D eigenvalue weighted by molar-refractivity contribution is -0.132. The standard InChI is InChI=1S/C21H14BrN3O3/c22-15-2-1-3-16(12-15)25-18(13-4-8-23-9-5-13)17(20(27)21(25)28)19(26)14-6-10-24-11-7-14/h1-12,18,26H/b19-17+. The summed E-state index contributed by atoms with van der Waals surface area (Å²) in [5.41, 5.74) is 1.67. The Labute approximate surface area is 169 Å². The van der Waals surface area contributed by atoms with Gasteiger partial charge in [0.2, 0.25) is 0 Å². The number of rotatable bonds is 3. The van der Waals surface area contributed by atoms with Gasteiger partial charge in [0, 0.05) is 40.5 Å². The molecule has 28 heavy (non-hydrogen) atoms. The Bertz CT molecular complexity index is 1080. The zero-order valence-corrected chi connectivity index (χ0v) is 16.1. The monoisotopic (exact) mass is 435 g/mol. The molecule has 3 aromatic rings. The third-order valence-electron chi connectivity index (χ3n) is 4.51. The summed E-state index contributed by atoms with van der Waals surface area (Å²) in [6, 6.07) is 13.0. The number of carbonyl (C=O) groups excluding carboxylic acids is 2. The van der Waals surface area contributed by atoms with Gasteiger partial charge in [-0.15, -0.1) is 0 Å². The van der Waals surface area contributed by atoms with Crippen molar-refractivity contribution >= 4 is 39.1 Å². The largest absolute Gasteiger partial charge is 0.507 e. The molecule has 2 aromatic heterocycles. The van der Waals surface area contributed by atoms with Gasteiger partial charge in [-0.05, 0) is 48.0 Å². The van der Waals surface area contributed by atoms with Crippen molar-refractivity contribution in [3.05, 3.63) is 94.5 Å². The van der Waals surface area contributed by atoms with Gasteiger partial charge in [-0.2, -0.15) is 0 Å². The third kappa shape index (κ3) is 3.10. The van der Waals surface area contributed by atoms with Gasteiger partial charge in [0.25, 0.3) is 11.7 Å². The molecule has 0 aliphatic carbocycles. The van der Waals surface area contributed by atoms with E-state index in [-0.39, 0.29) is 11.3 Å². The van der Waals surface area contributed by atoms with Crippen molar-refractivity contribution in [2.75, 3.05) is 4.90 Å². The molecule has 4 rings (SSSR count). The van der Waals surface area contributed by atoms with Crippen molar-refractivity contribution in [1.82, 2.24) is 9.97 Å². The van der Waals surface area contributed by atoms with E-state index in [0.29, 0.717) is 16.8 Å². The van der Waals surface area contributed by atoms with Crippen molar-refractivity contribution in [2.24, 2.45) is 0 Å². The highest BCUT2D eigenvalue weighted by Gasteiger charge is 2.46. The van der Waals surface area contributed by atoms with E-state index in [2.05, 4.69) is 25.9 Å². The SMILES string of the molecule is O=C1C(=O)N(c2cccc(Br)c2)C(c2ccncc2)/C1=C(\O)c1ccncc1. The van der Waals surface area contributed by atoms with Gasteiger partial charge in [-0.1, -0.05) is 22.0 Å². The van der Waals surface area contributed by atoms with E-state index >= 15 is 0 Å². The molecule has 1 amide bonds. The zero-order chi connectivity index (χ0) is 19.7. The van der Waals surface area contributed by atoms with Crippen LogP contribution in [0.2, 0.25) is 0 Å². The molecule has 1 unspecified atom stereocenters. The minimum atomic E-state index is -0.773. The minimum Gasteiger partial charge on any atom is -0.507 e. The lowest BCUT2D eigenvalue weighted by Gasteiger charge is -2.25. The number of carbonyl (C=O) groups is 2. The molecule has 0 spiro atoms. The molecule has 1 aliphatic heterocycles. The number of aliphatic hydroxyl groups is 1. The van der Waals surface area contributed by atoms with Crippen LogP contribution in [0.25, 0.3) is 5.76 Å². The fourth-order valence-corrected chi connectivity index (χ4v) is 3.64. The quantitative estimate of drug-likeness (QED) is 0.383. The van der Waals surface area contributed by atoms with Crippen LogP contribution in [0.4, 0.5) is 5.69 Å². The average Bonchev–Trinajstić information content (AvgIpc) is 3.00. The molecule has 0 saturated carbocycles. The molecule has 0 radical (unpaired) electrons.